The number of aromatic nitrogens is 2. The van der Waals surface area contributed by atoms with Crippen molar-refractivity contribution in [1.29, 1.82) is 0 Å². The number of hydrogen-bond donors (Lipinski definition) is 3. The van der Waals surface area contributed by atoms with E-state index in [1.165, 1.54) is 4.79 Å². The standard InChI is InChI=1S/C5H11NO2.C3H5N3/c1-3(2)4(6)5(7)8;4-6-3-1-2-5-6/h3-4H,6H2,1-2H3,(H,7,8);1-3H,4H2/t4-;/m0./s1. The number of carboxylic acid groups (broad SMARTS) is 1. The van der Waals surface area contributed by atoms with E-state index in [0.717, 1.165) is 0 Å². The molecule has 14 heavy (non-hydrogen) atoms. The van der Waals surface area contributed by atoms with E-state index < -0.39 is 12.0 Å². The minimum absolute atomic E-state index is 0.0208. The highest BCUT2D eigenvalue weighted by atomic mass is 16.4. The highest BCUT2D eigenvalue weighted by Crippen LogP contribution is 1.96. The number of rotatable bonds is 2. The number of hydrogen-bond acceptors (Lipinski definition) is 4. The van der Waals surface area contributed by atoms with Crippen LogP contribution < -0.4 is 11.6 Å². The Bertz CT molecular complexity index is 258. The van der Waals surface area contributed by atoms with Gasteiger partial charge in [0.1, 0.15) is 6.04 Å². The second-order valence-electron chi connectivity index (χ2n) is 3.09. The second-order valence-corrected chi connectivity index (χ2v) is 3.09. The Morgan fingerprint density at radius 2 is 2.14 bits per heavy atom. The van der Waals surface area contributed by atoms with Crippen molar-refractivity contribution in [3.8, 4) is 0 Å². The van der Waals surface area contributed by atoms with Crippen LogP contribution in [0.25, 0.3) is 0 Å². The Kier molecular flexibility index (Phi) is 5.31. The van der Waals surface area contributed by atoms with Crippen LogP contribution >= 0.6 is 0 Å². The first-order valence-corrected chi connectivity index (χ1v) is 4.18. The lowest BCUT2D eigenvalue weighted by atomic mass is 10.1. The summed E-state index contributed by atoms with van der Waals surface area (Å²) in [5.41, 5.74) is 5.16. The van der Waals surface area contributed by atoms with Gasteiger partial charge in [-0.1, -0.05) is 13.8 Å². The Balaban J connectivity index is 0.000000249. The van der Waals surface area contributed by atoms with E-state index in [1.807, 2.05) is 0 Å². The van der Waals surface area contributed by atoms with Crippen LogP contribution in [-0.4, -0.2) is 27.0 Å². The maximum atomic E-state index is 10.0. The van der Waals surface area contributed by atoms with Crippen molar-refractivity contribution in [2.45, 2.75) is 19.9 Å². The third-order valence-electron chi connectivity index (χ3n) is 1.53. The van der Waals surface area contributed by atoms with E-state index in [-0.39, 0.29) is 5.92 Å². The fourth-order valence-electron chi connectivity index (χ4n) is 0.566. The van der Waals surface area contributed by atoms with Crippen LogP contribution in [-0.2, 0) is 4.79 Å². The van der Waals surface area contributed by atoms with Gasteiger partial charge in [0.05, 0.1) is 6.20 Å². The Morgan fingerprint density at radius 1 is 1.57 bits per heavy atom. The van der Waals surface area contributed by atoms with Crippen LogP contribution in [0.5, 0.6) is 0 Å². The van der Waals surface area contributed by atoms with Gasteiger partial charge in [-0.15, -0.1) is 0 Å². The summed E-state index contributed by atoms with van der Waals surface area (Å²) < 4.78 is 0. The fraction of sp³-hybridized carbons (Fsp3) is 0.500. The molecule has 1 aromatic rings. The quantitative estimate of drug-likeness (QED) is 0.566. The van der Waals surface area contributed by atoms with Crippen molar-refractivity contribution in [1.82, 2.24) is 9.89 Å². The zero-order valence-corrected chi connectivity index (χ0v) is 8.29. The number of nitrogens with zero attached hydrogens (tertiary/aromatic N) is 2. The lowest BCUT2D eigenvalue weighted by Crippen LogP contribution is -2.34. The molecule has 0 unspecified atom stereocenters. The van der Waals surface area contributed by atoms with E-state index in [1.54, 1.807) is 32.3 Å². The van der Waals surface area contributed by atoms with Crippen LogP contribution in [0.1, 0.15) is 13.8 Å². The van der Waals surface area contributed by atoms with E-state index in [4.69, 9.17) is 16.7 Å². The number of nitrogen functional groups attached to an aromatic ring is 1. The molecule has 0 aliphatic carbocycles. The first-order chi connectivity index (χ1) is 6.45. The predicted octanol–water partition coefficient (Wildman–Crippen LogP) is -0.349. The number of aliphatic carboxylic acids is 1. The Morgan fingerprint density at radius 3 is 2.21 bits per heavy atom. The zero-order valence-electron chi connectivity index (χ0n) is 8.29. The van der Waals surface area contributed by atoms with Crippen LogP contribution in [0, 0.1) is 5.92 Å². The number of carbonyl (C=O) groups is 1. The zero-order chi connectivity index (χ0) is 11.1. The van der Waals surface area contributed by atoms with Crippen LogP contribution in [0.4, 0.5) is 0 Å². The molecule has 0 saturated carbocycles. The van der Waals surface area contributed by atoms with Crippen molar-refractivity contribution >= 4 is 5.97 Å². The monoisotopic (exact) mass is 200 g/mol. The van der Waals surface area contributed by atoms with Crippen LogP contribution in [0.15, 0.2) is 18.5 Å². The second kappa shape index (κ2) is 5.98. The van der Waals surface area contributed by atoms with Gasteiger partial charge in [0, 0.05) is 6.20 Å². The minimum Gasteiger partial charge on any atom is -0.480 e. The van der Waals surface area contributed by atoms with Gasteiger partial charge in [-0.25, -0.2) is 0 Å². The van der Waals surface area contributed by atoms with Gasteiger partial charge in [-0.05, 0) is 12.0 Å². The van der Waals surface area contributed by atoms with E-state index >= 15 is 0 Å². The molecule has 0 radical (unpaired) electrons. The smallest absolute Gasteiger partial charge is 0.320 e. The predicted molar refractivity (Wildman–Crippen MR) is 52.8 cm³/mol. The first kappa shape index (κ1) is 12.4. The van der Waals surface area contributed by atoms with Gasteiger partial charge in [-0.2, -0.15) is 9.89 Å². The third-order valence-corrected chi connectivity index (χ3v) is 1.53. The summed E-state index contributed by atoms with van der Waals surface area (Å²) in [6, 6.07) is 1.05. The van der Waals surface area contributed by atoms with Gasteiger partial charge in [-0.3, -0.25) is 4.79 Å². The maximum Gasteiger partial charge on any atom is 0.320 e. The van der Waals surface area contributed by atoms with Gasteiger partial charge in [0.25, 0.3) is 0 Å². The summed E-state index contributed by atoms with van der Waals surface area (Å²) >= 11 is 0. The lowest BCUT2D eigenvalue weighted by Gasteiger charge is -2.07. The highest BCUT2D eigenvalue weighted by Gasteiger charge is 2.14. The first-order valence-electron chi connectivity index (χ1n) is 4.18. The van der Waals surface area contributed by atoms with Crippen molar-refractivity contribution in [3.05, 3.63) is 18.5 Å². The normalized spacial score (nSPS) is 11.7. The van der Waals surface area contributed by atoms with Crippen LogP contribution in [0.3, 0.4) is 0 Å². The molecule has 0 saturated heterocycles. The molecule has 0 spiro atoms. The Labute approximate surface area is 82.5 Å². The third kappa shape index (κ3) is 5.15. The molecule has 1 heterocycles. The van der Waals surface area contributed by atoms with E-state index in [2.05, 4.69) is 5.10 Å². The topological polar surface area (TPSA) is 107 Å². The molecule has 0 aromatic carbocycles. The average Bonchev–Trinajstić information content (AvgIpc) is 2.55. The fourth-order valence-corrected chi connectivity index (χ4v) is 0.566. The molecular formula is C8H16N4O2. The van der Waals surface area contributed by atoms with Crippen molar-refractivity contribution in [2.75, 3.05) is 5.84 Å². The summed E-state index contributed by atoms with van der Waals surface area (Å²) in [4.78, 5) is 11.3. The average molecular weight is 200 g/mol. The minimum atomic E-state index is -0.931. The molecule has 0 bridgehead atoms. The highest BCUT2D eigenvalue weighted by molar-refractivity contribution is 5.73. The number of carboxylic acids is 1. The van der Waals surface area contributed by atoms with E-state index in [9.17, 15) is 4.79 Å². The molecule has 5 N–H and O–H groups in total. The molecule has 80 valence electrons. The van der Waals surface area contributed by atoms with Crippen molar-refractivity contribution < 1.29 is 9.90 Å². The van der Waals surface area contributed by atoms with E-state index in [0.29, 0.717) is 0 Å². The molecule has 0 amide bonds. The van der Waals surface area contributed by atoms with Gasteiger partial charge in [0.15, 0.2) is 0 Å². The van der Waals surface area contributed by atoms with Gasteiger partial charge >= 0.3 is 5.97 Å². The molecule has 1 atom stereocenters. The molecular weight excluding hydrogens is 184 g/mol. The summed E-state index contributed by atoms with van der Waals surface area (Å²) in [6.07, 6.45) is 3.29. The number of nitrogens with two attached hydrogens (primary N) is 2. The van der Waals surface area contributed by atoms with Crippen LogP contribution in [0.2, 0.25) is 0 Å². The maximum absolute atomic E-state index is 10.0. The summed E-state index contributed by atoms with van der Waals surface area (Å²) in [5.74, 6) is 4.17. The summed E-state index contributed by atoms with van der Waals surface area (Å²) in [7, 11) is 0. The summed E-state index contributed by atoms with van der Waals surface area (Å²) in [6.45, 7) is 3.55. The molecule has 6 heteroatoms. The van der Waals surface area contributed by atoms with Crippen molar-refractivity contribution in [2.24, 2.45) is 11.7 Å². The largest absolute Gasteiger partial charge is 0.480 e. The molecule has 1 rings (SSSR count). The molecule has 0 fully saturated rings. The molecule has 6 nitrogen and oxygen atoms in total. The molecule has 0 aliphatic heterocycles. The SMILES string of the molecule is CC(C)[C@H](N)C(=O)O.Nn1cccn1. The molecule has 0 aliphatic rings. The van der Waals surface area contributed by atoms with Crippen molar-refractivity contribution in [3.63, 3.8) is 0 Å². The molecule has 1 aromatic heterocycles. The van der Waals surface area contributed by atoms with Gasteiger partial charge in [0.2, 0.25) is 0 Å². The lowest BCUT2D eigenvalue weighted by molar-refractivity contribution is -0.139. The van der Waals surface area contributed by atoms with Gasteiger partial charge < -0.3 is 16.7 Å². The summed E-state index contributed by atoms with van der Waals surface area (Å²) in [5, 5.41) is 11.8. The Hall–Kier alpha value is -1.56.